The van der Waals surface area contributed by atoms with Gasteiger partial charge in [0.1, 0.15) is 10.6 Å². The number of benzene rings is 2. The molecule has 4 rings (SSSR count). The van der Waals surface area contributed by atoms with Crippen molar-refractivity contribution < 1.29 is 22.7 Å². The van der Waals surface area contributed by atoms with E-state index < -0.39 is 10.0 Å². The van der Waals surface area contributed by atoms with E-state index >= 15 is 0 Å². The monoisotopic (exact) mass is 487 g/mol. The van der Waals surface area contributed by atoms with E-state index in [1.807, 2.05) is 19.1 Å². The first-order valence-electron chi connectivity index (χ1n) is 11.9. The molecule has 8 nitrogen and oxygen atoms in total. The number of nitrogens with zero attached hydrogens (tertiary/aromatic N) is 2. The maximum absolute atomic E-state index is 13.2. The number of carbonyl (C=O) groups is 1. The highest BCUT2D eigenvalue weighted by atomic mass is 32.2. The number of morpholine rings is 1. The van der Waals surface area contributed by atoms with Gasteiger partial charge in [0.25, 0.3) is 5.91 Å². The van der Waals surface area contributed by atoms with Crippen LogP contribution in [0.3, 0.4) is 0 Å². The van der Waals surface area contributed by atoms with Gasteiger partial charge in [-0.15, -0.1) is 0 Å². The molecule has 2 aliphatic rings. The van der Waals surface area contributed by atoms with Gasteiger partial charge in [-0.2, -0.15) is 4.31 Å². The van der Waals surface area contributed by atoms with Crippen LogP contribution in [0.4, 0.5) is 5.69 Å². The summed E-state index contributed by atoms with van der Waals surface area (Å²) in [5, 5.41) is 2.83. The molecule has 0 aliphatic carbocycles. The lowest BCUT2D eigenvalue weighted by Crippen LogP contribution is -2.40. The predicted molar refractivity (Wildman–Crippen MR) is 131 cm³/mol. The van der Waals surface area contributed by atoms with E-state index in [0.29, 0.717) is 36.7 Å². The molecule has 0 spiro atoms. The van der Waals surface area contributed by atoms with Crippen LogP contribution in [-0.2, 0) is 21.3 Å². The summed E-state index contributed by atoms with van der Waals surface area (Å²) < 4.78 is 39.0. The van der Waals surface area contributed by atoms with Crippen molar-refractivity contribution >= 4 is 21.6 Å². The molecule has 2 fully saturated rings. The van der Waals surface area contributed by atoms with Gasteiger partial charge in [-0.05, 0) is 62.6 Å². The van der Waals surface area contributed by atoms with Gasteiger partial charge >= 0.3 is 0 Å². The van der Waals surface area contributed by atoms with Gasteiger partial charge in [0, 0.05) is 44.0 Å². The minimum Gasteiger partial charge on any atom is -0.492 e. The Morgan fingerprint density at radius 3 is 2.53 bits per heavy atom. The minimum atomic E-state index is -3.69. The molecule has 0 aromatic heterocycles. The van der Waals surface area contributed by atoms with E-state index in [1.54, 1.807) is 24.3 Å². The molecule has 0 unspecified atom stereocenters. The molecule has 2 aromatic rings. The van der Waals surface area contributed by atoms with E-state index in [4.69, 9.17) is 9.47 Å². The second kappa shape index (κ2) is 10.9. The predicted octanol–water partition coefficient (Wildman–Crippen LogP) is 3.34. The molecule has 0 saturated carbocycles. The van der Waals surface area contributed by atoms with Gasteiger partial charge < -0.3 is 14.8 Å². The highest BCUT2D eigenvalue weighted by molar-refractivity contribution is 7.89. The van der Waals surface area contributed by atoms with Crippen LogP contribution < -0.4 is 10.1 Å². The van der Waals surface area contributed by atoms with Gasteiger partial charge in [0.05, 0.1) is 19.3 Å². The Hall–Kier alpha value is -2.46. The molecular weight excluding hydrogens is 454 g/mol. The highest BCUT2D eigenvalue weighted by Gasteiger charge is 2.30. The quantitative estimate of drug-likeness (QED) is 0.615. The van der Waals surface area contributed by atoms with Crippen molar-refractivity contribution in [3.05, 3.63) is 53.6 Å². The zero-order chi connectivity index (χ0) is 24.1. The zero-order valence-electron chi connectivity index (χ0n) is 19.8. The fraction of sp³-hybridized carbons (Fsp3) is 0.480. The van der Waals surface area contributed by atoms with Crippen molar-refractivity contribution in [1.82, 2.24) is 9.21 Å². The van der Waals surface area contributed by atoms with Crippen LogP contribution in [0.15, 0.2) is 47.4 Å². The molecule has 1 atom stereocenters. The number of carbonyl (C=O) groups excluding carboxylic acids is 1. The summed E-state index contributed by atoms with van der Waals surface area (Å²) in [7, 11) is -3.69. The second-order valence-corrected chi connectivity index (χ2v) is 10.7. The molecule has 2 aromatic carbocycles. The maximum atomic E-state index is 13.2. The Labute approximate surface area is 201 Å². The summed E-state index contributed by atoms with van der Waals surface area (Å²) in [6.45, 7) is 8.57. The fourth-order valence-electron chi connectivity index (χ4n) is 4.39. The number of hydrogen-bond donors (Lipinski definition) is 1. The van der Waals surface area contributed by atoms with E-state index in [9.17, 15) is 13.2 Å². The van der Waals surface area contributed by atoms with E-state index in [1.165, 1.54) is 10.4 Å². The smallest absolute Gasteiger partial charge is 0.255 e. The van der Waals surface area contributed by atoms with Crippen LogP contribution in [-0.4, -0.2) is 69.0 Å². The molecule has 2 saturated heterocycles. The molecule has 2 aliphatic heterocycles. The van der Waals surface area contributed by atoms with Gasteiger partial charge in [0.15, 0.2) is 0 Å². The van der Waals surface area contributed by atoms with Crippen molar-refractivity contribution in [2.24, 2.45) is 0 Å². The number of rotatable bonds is 8. The summed E-state index contributed by atoms with van der Waals surface area (Å²) in [4.78, 5) is 15.3. The van der Waals surface area contributed by atoms with E-state index in [0.717, 1.165) is 44.6 Å². The number of sulfonamides is 1. The first kappa shape index (κ1) is 24.7. The Bertz CT molecular complexity index is 1100. The molecule has 34 heavy (non-hydrogen) atoms. The van der Waals surface area contributed by atoms with Crippen LogP contribution in [0, 0.1) is 0 Å². The van der Waals surface area contributed by atoms with Crippen LogP contribution in [0.2, 0.25) is 0 Å². The standard InChI is InChI=1S/C25H33N3O5S/c1-3-32-23-11-10-22(16-24(23)34(30,31)28-12-4-5-13-28)26-25(29)21-8-6-20(7-9-21)18-27-14-15-33-19(2)17-27/h6-11,16,19H,3-5,12-15,17-18H2,1-2H3,(H,26,29)/t19-/m0/s1. The summed E-state index contributed by atoms with van der Waals surface area (Å²) in [5.41, 5.74) is 2.06. The molecule has 2 heterocycles. The third-order valence-corrected chi connectivity index (χ3v) is 8.05. The number of nitrogens with one attached hydrogen (secondary N) is 1. The summed E-state index contributed by atoms with van der Waals surface area (Å²) in [6, 6.07) is 12.3. The molecule has 0 bridgehead atoms. The lowest BCUT2D eigenvalue weighted by molar-refractivity contribution is -0.0212. The average Bonchev–Trinajstić information content (AvgIpc) is 3.37. The van der Waals surface area contributed by atoms with Crippen LogP contribution in [0.5, 0.6) is 5.75 Å². The lowest BCUT2D eigenvalue weighted by atomic mass is 10.1. The van der Waals surface area contributed by atoms with Crippen molar-refractivity contribution in [2.75, 3.05) is 44.7 Å². The third kappa shape index (κ3) is 5.78. The number of anilines is 1. The van der Waals surface area contributed by atoms with Gasteiger partial charge in [0.2, 0.25) is 10.0 Å². The molecule has 184 valence electrons. The summed E-state index contributed by atoms with van der Waals surface area (Å²) >= 11 is 0. The highest BCUT2D eigenvalue weighted by Crippen LogP contribution is 2.32. The Kier molecular flexibility index (Phi) is 7.88. The molecular formula is C25H33N3O5S. The van der Waals surface area contributed by atoms with Crippen molar-refractivity contribution in [3.8, 4) is 5.75 Å². The van der Waals surface area contributed by atoms with E-state index in [-0.39, 0.29) is 16.9 Å². The van der Waals surface area contributed by atoms with Gasteiger partial charge in [-0.25, -0.2) is 8.42 Å². The van der Waals surface area contributed by atoms with Crippen LogP contribution in [0.1, 0.15) is 42.6 Å². The second-order valence-electron chi connectivity index (χ2n) is 8.77. The first-order valence-corrected chi connectivity index (χ1v) is 13.3. The van der Waals surface area contributed by atoms with Crippen molar-refractivity contribution in [3.63, 3.8) is 0 Å². The lowest BCUT2D eigenvalue weighted by Gasteiger charge is -2.31. The molecule has 1 N–H and O–H groups in total. The van der Waals surface area contributed by atoms with Crippen LogP contribution in [0.25, 0.3) is 0 Å². The topological polar surface area (TPSA) is 88.2 Å². The Morgan fingerprint density at radius 2 is 1.85 bits per heavy atom. The molecule has 0 radical (unpaired) electrons. The van der Waals surface area contributed by atoms with Crippen LogP contribution >= 0.6 is 0 Å². The Morgan fingerprint density at radius 1 is 1.12 bits per heavy atom. The van der Waals surface area contributed by atoms with E-state index in [2.05, 4.69) is 17.1 Å². The SMILES string of the molecule is CCOc1ccc(NC(=O)c2ccc(CN3CCO[C@@H](C)C3)cc2)cc1S(=O)(=O)N1CCCC1. The number of ether oxygens (including phenoxy) is 2. The van der Waals surface area contributed by atoms with Crippen molar-refractivity contribution in [2.45, 2.75) is 44.2 Å². The van der Waals surface area contributed by atoms with Crippen molar-refractivity contribution in [1.29, 1.82) is 0 Å². The first-order chi connectivity index (χ1) is 16.4. The third-order valence-electron chi connectivity index (χ3n) is 6.13. The average molecular weight is 488 g/mol. The van der Waals surface area contributed by atoms with Gasteiger partial charge in [-0.3, -0.25) is 9.69 Å². The Balaban J connectivity index is 1.47. The summed E-state index contributed by atoms with van der Waals surface area (Å²) in [5.74, 6) is 0.00871. The maximum Gasteiger partial charge on any atom is 0.255 e. The number of amides is 1. The zero-order valence-corrected chi connectivity index (χ0v) is 20.6. The fourth-order valence-corrected chi connectivity index (χ4v) is 6.06. The normalized spacial score (nSPS) is 19.8. The minimum absolute atomic E-state index is 0.0872. The van der Waals surface area contributed by atoms with Gasteiger partial charge in [-0.1, -0.05) is 12.1 Å². The summed E-state index contributed by atoms with van der Waals surface area (Å²) in [6.07, 6.45) is 1.92. The molecule has 9 heteroatoms. The number of hydrogen-bond acceptors (Lipinski definition) is 6. The molecule has 1 amide bonds. The largest absolute Gasteiger partial charge is 0.492 e.